The number of carbonyl (C=O) groups is 2. The van der Waals surface area contributed by atoms with Gasteiger partial charge in [-0.3, -0.25) is 9.59 Å². The van der Waals surface area contributed by atoms with Crippen LogP contribution in [0.3, 0.4) is 0 Å². The topological polar surface area (TPSA) is 98.1 Å². The zero-order valence-corrected chi connectivity index (χ0v) is 15.5. The van der Waals surface area contributed by atoms with Crippen LogP contribution in [0.15, 0.2) is 12.2 Å². The lowest BCUT2D eigenvalue weighted by molar-refractivity contribution is -0.144. The molecule has 6 nitrogen and oxygen atoms in total. The monoisotopic (exact) mass is 357 g/mol. The Bertz CT molecular complexity index is 378. The Kier molecular flexibility index (Phi) is 15.2. The van der Waals surface area contributed by atoms with Crippen LogP contribution in [0.25, 0.3) is 0 Å². The first kappa shape index (κ1) is 23.6. The van der Waals surface area contributed by atoms with Gasteiger partial charge in [-0.25, -0.2) is 0 Å². The molecule has 1 amide bonds. The fourth-order valence-electron chi connectivity index (χ4n) is 2.64. The molecule has 6 heteroatoms. The van der Waals surface area contributed by atoms with Gasteiger partial charge in [-0.1, -0.05) is 57.6 Å². The van der Waals surface area contributed by atoms with Crippen LogP contribution in [0.5, 0.6) is 0 Å². The SMILES string of the molecule is CCCCCCCCCC=CC(CC(=O)N(CCO)CCO)C(=O)O. The Hall–Kier alpha value is -1.40. The Balaban J connectivity index is 4.19. The molecule has 0 aromatic carbocycles. The highest BCUT2D eigenvalue weighted by atomic mass is 16.4. The smallest absolute Gasteiger partial charge is 0.310 e. The van der Waals surface area contributed by atoms with E-state index in [-0.39, 0.29) is 38.6 Å². The van der Waals surface area contributed by atoms with E-state index < -0.39 is 11.9 Å². The molecule has 0 saturated carbocycles. The predicted molar refractivity (Wildman–Crippen MR) is 98.2 cm³/mol. The van der Waals surface area contributed by atoms with Crippen molar-refractivity contribution in [1.29, 1.82) is 0 Å². The molecule has 0 radical (unpaired) electrons. The van der Waals surface area contributed by atoms with E-state index in [0.717, 1.165) is 19.3 Å². The summed E-state index contributed by atoms with van der Waals surface area (Å²) in [7, 11) is 0. The van der Waals surface area contributed by atoms with E-state index in [1.807, 2.05) is 6.08 Å². The number of amides is 1. The average Bonchev–Trinajstić information content (AvgIpc) is 2.58. The van der Waals surface area contributed by atoms with Crippen molar-refractivity contribution in [3.63, 3.8) is 0 Å². The number of carbonyl (C=O) groups excluding carboxylic acids is 1. The van der Waals surface area contributed by atoms with Crippen LogP contribution in [0.2, 0.25) is 0 Å². The van der Waals surface area contributed by atoms with Gasteiger partial charge in [0.15, 0.2) is 0 Å². The van der Waals surface area contributed by atoms with Crippen molar-refractivity contribution >= 4 is 11.9 Å². The lowest BCUT2D eigenvalue weighted by atomic mass is 10.0. The fraction of sp³-hybridized carbons (Fsp3) is 0.789. The van der Waals surface area contributed by atoms with Crippen LogP contribution >= 0.6 is 0 Å². The number of carboxylic acids is 1. The zero-order valence-electron chi connectivity index (χ0n) is 15.5. The van der Waals surface area contributed by atoms with Crippen LogP contribution in [-0.2, 0) is 9.59 Å². The molecule has 0 aromatic rings. The van der Waals surface area contributed by atoms with Crippen molar-refractivity contribution in [1.82, 2.24) is 4.90 Å². The van der Waals surface area contributed by atoms with Crippen molar-refractivity contribution in [2.24, 2.45) is 5.92 Å². The first-order chi connectivity index (χ1) is 12.1. The maximum atomic E-state index is 12.1. The summed E-state index contributed by atoms with van der Waals surface area (Å²) in [6, 6.07) is 0. The van der Waals surface area contributed by atoms with E-state index in [0.29, 0.717) is 0 Å². The number of hydrogen-bond acceptors (Lipinski definition) is 4. The van der Waals surface area contributed by atoms with E-state index in [1.165, 1.54) is 37.0 Å². The number of rotatable bonds is 16. The third kappa shape index (κ3) is 12.6. The number of carboxylic acid groups (broad SMARTS) is 1. The molecule has 0 aromatic heterocycles. The normalized spacial score (nSPS) is 12.4. The van der Waals surface area contributed by atoms with E-state index >= 15 is 0 Å². The summed E-state index contributed by atoms with van der Waals surface area (Å²) in [5, 5.41) is 27.1. The van der Waals surface area contributed by atoms with Crippen molar-refractivity contribution in [2.45, 2.75) is 64.7 Å². The summed E-state index contributed by atoms with van der Waals surface area (Å²) >= 11 is 0. The van der Waals surface area contributed by atoms with E-state index in [9.17, 15) is 14.7 Å². The van der Waals surface area contributed by atoms with Gasteiger partial charge in [-0.2, -0.15) is 0 Å². The van der Waals surface area contributed by atoms with Crippen molar-refractivity contribution < 1.29 is 24.9 Å². The average molecular weight is 357 g/mol. The van der Waals surface area contributed by atoms with Gasteiger partial charge in [-0.05, 0) is 12.8 Å². The molecular formula is C19H35NO5. The molecule has 1 atom stereocenters. The molecule has 0 heterocycles. The van der Waals surface area contributed by atoms with Crippen LogP contribution < -0.4 is 0 Å². The van der Waals surface area contributed by atoms with Gasteiger partial charge in [0.05, 0.1) is 19.1 Å². The van der Waals surface area contributed by atoms with Gasteiger partial charge in [0.25, 0.3) is 0 Å². The molecule has 0 saturated heterocycles. The molecule has 0 aliphatic rings. The van der Waals surface area contributed by atoms with Gasteiger partial charge in [-0.15, -0.1) is 0 Å². The molecule has 0 fully saturated rings. The number of aliphatic carboxylic acids is 1. The molecule has 0 aliphatic carbocycles. The number of aliphatic hydroxyl groups is 2. The minimum Gasteiger partial charge on any atom is -0.481 e. The summed E-state index contributed by atoms with van der Waals surface area (Å²) < 4.78 is 0. The highest BCUT2D eigenvalue weighted by Crippen LogP contribution is 2.12. The minimum atomic E-state index is -1.03. The number of allylic oxidation sites excluding steroid dienone is 1. The number of hydrogen-bond donors (Lipinski definition) is 3. The van der Waals surface area contributed by atoms with Gasteiger partial charge in [0, 0.05) is 19.5 Å². The fourth-order valence-corrected chi connectivity index (χ4v) is 2.64. The quantitative estimate of drug-likeness (QED) is 0.291. The molecule has 3 N–H and O–H groups in total. The highest BCUT2D eigenvalue weighted by Gasteiger charge is 2.21. The number of aliphatic hydroxyl groups excluding tert-OH is 2. The van der Waals surface area contributed by atoms with Crippen molar-refractivity contribution in [3.8, 4) is 0 Å². The predicted octanol–water partition coefficient (Wildman–Crippen LogP) is 2.59. The van der Waals surface area contributed by atoms with Gasteiger partial charge >= 0.3 is 5.97 Å². The third-order valence-electron chi connectivity index (χ3n) is 4.15. The molecule has 25 heavy (non-hydrogen) atoms. The molecule has 0 bridgehead atoms. The summed E-state index contributed by atoms with van der Waals surface area (Å²) in [5.74, 6) is -2.26. The highest BCUT2D eigenvalue weighted by molar-refractivity contribution is 5.83. The summed E-state index contributed by atoms with van der Waals surface area (Å²) in [6.45, 7) is 1.98. The Labute approximate surface area is 151 Å². The second kappa shape index (κ2) is 16.1. The minimum absolute atomic E-state index is 0.105. The first-order valence-electron chi connectivity index (χ1n) is 9.45. The molecule has 0 rings (SSSR count). The number of nitrogens with zero attached hydrogens (tertiary/aromatic N) is 1. The van der Waals surface area contributed by atoms with Gasteiger partial charge in [0.2, 0.25) is 5.91 Å². The first-order valence-corrected chi connectivity index (χ1v) is 9.45. The Morgan fingerprint density at radius 1 is 0.960 bits per heavy atom. The molecular weight excluding hydrogens is 322 g/mol. The largest absolute Gasteiger partial charge is 0.481 e. The molecule has 1 unspecified atom stereocenters. The van der Waals surface area contributed by atoms with Crippen molar-refractivity contribution in [3.05, 3.63) is 12.2 Å². The van der Waals surface area contributed by atoms with Crippen molar-refractivity contribution in [2.75, 3.05) is 26.3 Å². The zero-order chi connectivity index (χ0) is 18.9. The van der Waals surface area contributed by atoms with Gasteiger partial charge < -0.3 is 20.2 Å². The van der Waals surface area contributed by atoms with Crippen LogP contribution in [0.4, 0.5) is 0 Å². The van der Waals surface area contributed by atoms with Crippen LogP contribution in [0, 0.1) is 5.92 Å². The van der Waals surface area contributed by atoms with E-state index in [4.69, 9.17) is 10.2 Å². The second-order valence-corrected chi connectivity index (χ2v) is 6.32. The van der Waals surface area contributed by atoms with E-state index in [1.54, 1.807) is 6.08 Å². The number of unbranched alkanes of at least 4 members (excludes halogenated alkanes) is 7. The summed E-state index contributed by atoms with van der Waals surface area (Å²) in [4.78, 5) is 24.7. The summed E-state index contributed by atoms with van der Waals surface area (Å²) in [6.07, 6.45) is 12.6. The van der Waals surface area contributed by atoms with E-state index in [2.05, 4.69) is 6.92 Å². The maximum Gasteiger partial charge on any atom is 0.310 e. The lowest BCUT2D eigenvalue weighted by Crippen LogP contribution is -2.37. The second-order valence-electron chi connectivity index (χ2n) is 6.32. The Morgan fingerprint density at radius 2 is 1.52 bits per heavy atom. The summed E-state index contributed by atoms with van der Waals surface area (Å²) in [5.41, 5.74) is 0. The van der Waals surface area contributed by atoms with Crippen LogP contribution in [0.1, 0.15) is 64.7 Å². The maximum absolute atomic E-state index is 12.1. The third-order valence-corrected chi connectivity index (χ3v) is 4.15. The molecule has 0 spiro atoms. The molecule has 146 valence electrons. The van der Waals surface area contributed by atoms with Crippen LogP contribution in [-0.4, -0.2) is 58.4 Å². The standard InChI is InChI=1S/C19H35NO5/c1-2-3-4-5-6-7-8-9-10-11-17(19(24)25)16-18(23)20(12-14-21)13-15-22/h10-11,17,21-22H,2-9,12-16H2,1H3,(H,24,25). The molecule has 0 aliphatic heterocycles. The van der Waals surface area contributed by atoms with Gasteiger partial charge in [0.1, 0.15) is 0 Å². The lowest BCUT2D eigenvalue weighted by Gasteiger charge is -2.21. The Morgan fingerprint density at radius 3 is 2.04 bits per heavy atom.